The molecule has 0 unspecified atom stereocenters. The molecule has 6 heteroatoms. The number of carbonyl (C=O) groups is 2. The molecule has 0 rings (SSSR count). The fourth-order valence-electron chi connectivity index (χ4n) is 1.06. The van der Waals surface area contributed by atoms with Gasteiger partial charge in [0.1, 0.15) is 11.4 Å². The number of aliphatic hydroxyl groups excluding tert-OH is 1. The van der Waals surface area contributed by atoms with Crippen molar-refractivity contribution in [3.63, 3.8) is 0 Å². The van der Waals surface area contributed by atoms with E-state index in [4.69, 9.17) is 9.84 Å². The van der Waals surface area contributed by atoms with Crippen molar-refractivity contribution in [2.45, 2.75) is 45.8 Å². The van der Waals surface area contributed by atoms with Gasteiger partial charge in [-0.05, 0) is 33.8 Å². The largest absolute Gasteiger partial charge is 0.510 e. The van der Waals surface area contributed by atoms with Crippen molar-refractivity contribution in [3.8, 4) is 0 Å². The van der Waals surface area contributed by atoms with Crippen molar-refractivity contribution in [1.29, 1.82) is 0 Å². The number of aliphatic carboxylic acids is 1. The van der Waals surface area contributed by atoms with Crippen LogP contribution >= 0.6 is 0 Å². The summed E-state index contributed by atoms with van der Waals surface area (Å²) in [4.78, 5) is 22.0. The van der Waals surface area contributed by atoms with Crippen LogP contribution in [0, 0.1) is 0 Å². The second-order valence-corrected chi connectivity index (χ2v) is 4.51. The molecule has 0 aliphatic carbocycles. The van der Waals surface area contributed by atoms with Crippen LogP contribution in [-0.2, 0) is 9.53 Å². The van der Waals surface area contributed by atoms with Gasteiger partial charge in [-0.3, -0.25) is 4.79 Å². The maximum atomic E-state index is 11.4. The number of ether oxygens (including phenoxy) is 1. The predicted molar refractivity (Wildman–Crippen MR) is 61.8 cm³/mol. The van der Waals surface area contributed by atoms with Crippen LogP contribution in [0.4, 0.5) is 4.79 Å². The van der Waals surface area contributed by atoms with Gasteiger partial charge < -0.3 is 20.3 Å². The van der Waals surface area contributed by atoms with Crippen molar-refractivity contribution in [1.82, 2.24) is 5.32 Å². The Morgan fingerprint density at radius 3 is 2.24 bits per heavy atom. The Morgan fingerprint density at radius 2 is 1.88 bits per heavy atom. The monoisotopic (exact) mass is 245 g/mol. The molecule has 98 valence electrons. The Hall–Kier alpha value is -1.72. The molecule has 0 aromatic rings. The summed E-state index contributed by atoms with van der Waals surface area (Å²) in [6, 6.07) is -0.979. The van der Waals surface area contributed by atoms with E-state index in [0.29, 0.717) is 0 Å². The highest BCUT2D eigenvalue weighted by atomic mass is 16.6. The van der Waals surface area contributed by atoms with E-state index in [1.807, 2.05) is 0 Å². The van der Waals surface area contributed by atoms with E-state index < -0.39 is 30.1 Å². The lowest BCUT2D eigenvalue weighted by molar-refractivity contribution is -0.137. The zero-order valence-corrected chi connectivity index (χ0v) is 10.5. The SMILES string of the molecule is CC=C(O)[C@@H](CC(=O)O)NC(=O)OC(C)(C)C. The van der Waals surface area contributed by atoms with E-state index in [1.165, 1.54) is 6.08 Å². The number of rotatable bonds is 4. The highest BCUT2D eigenvalue weighted by molar-refractivity contribution is 5.72. The highest BCUT2D eigenvalue weighted by Crippen LogP contribution is 2.09. The van der Waals surface area contributed by atoms with E-state index in [9.17, 15) is 14.7 Å². The Kier molecular flexibility index (Phi) is 5.50. The normalized spacial score (nSPS) is 14.0. The van der Waals surface area contributed by atoms with Gasteiger partial charge in [0.15, 0.2) is 0 Å². The minimum absolute atomic E-state index is 0.210. The van der Waals surface area contributed by atoms with Gasteiger partial charge in [-0.25, -0.2) is 4.79 Å². The van der Waals surface area contributed by atoms with E-state index in [-0.39, 0.29) is 5.76 Å². The minimum atomic E-state index is -1.13. The molecule has 0 aliphatic heterocycles. The molecule has 0 aromatic carbocycles. The Labute approximate surface area is 100 Å². The predicted octanol–water partition coefficient (Wildman–Crippen LogP) is 1.82. The van der Waals surface area contributed by atoms with Gasteiger partial charge >= 0.3 is 12.1 Å². The maximum Gasteiger partial charge on any atom is 0.408 e. The summed E-state index contributed by atoms with van der Waals surface area (Å²) >= 11 is 0. The fraction of sp³-hybridized carbons (Fsp3) is 0.636. The third-order valence-corrected chi connectivity index (χ3v) is 1.72. The van der Waals surface area contributed by atoms with Crippen molar-refractivity contribution < 1.29 is 24.5 Å². The van der Waals surface area contributed by atoms with Crippen LogP contribution in [0.15, 0.2) is 11.8 Å². The molecule has 0 radical (unpaired) electrons. The fourth-order valence-corrected chi connectivity index (χ4v) is 1.06. The molecule has 17 heavy (non-hydrogen) atoms. The summed E-state index contributed by atoms with van der Waals surface area (Å²) < 4.78 is 4.96. The van der Waals surface area contributed by atoms with Crippen molar-refractivity contribution in [2.24, 2.45) is 0 Å². The first-order valence-corrected chi connectivity index (χ1v) is 5.22. The Morgan fingerprint density at radius 1 is 1.35 bits per heavy atom. The number of aliphatic hydroxyl groups is 1. The molecule has 0 fully saturated rings. The third kappa shape index (κ3) is 7.21. The zero-order chi connectivity index (χ0) is 13.6. The molecule has 0 bridgehead atoms. The molecular formula is C11H19NO5. The van der Waals surface area contributed by atoms with Gasteiger partial charge in [0, 0.05) is 0 Å². The lowest BCUT2D eigenvalue weighted by Gasteiger charge is -2.22. The Bertz CT molecular complexity index is 316. The molecule has 0 spiro atoms. The average Bonchev–Trinajstić information content (AvgIpc) is 2.11. The first-order valence-electron chi connectivity index (χ1n) is 5.22. The molecule has 0 aliphatic rings. The molecule has 3 N–H and O–H groups in total. The first kappa shape index (κ1) is 15.3. The quantitative estimate of drug-likeness (QED) is 0.656. The molecule has 0 heterocycles. The molecule has 1 amide bonds. The second kappa shape index (κ2) is 6.12. The molecule has 0 saturated carbocycles. The summed E-state index contributed by atoms with van der Waals surface area (Å²) in [6.45, 7) is 6.61. The summed E-state index contributed by atoms with van der Waals surface area (Å²) in [7, 11) is 0. The number of hydrogen-bond donors (Lipinski definition) is 3. The van der Waals surface area contributed by atoms with Crippen LogP contribution in [0.3, 0.4) is 0 Å². The van der Waals surface area contributed by atoms with Crippen molar-refractivity contribution in [2.75, 3.05) is 0 Å². The molecule has 0 aromatic heterocycles. The van der Waals surface area contributed by atoms with E-state index >= 15 is 0 Å². The third-order valence-electron chi connectivity index (χ3n) is 1.72. The van der Waals surface area contributed by atoms with Crippen LogP contribution in [0.25, 0.3) is 0 Å². The van der Waals surface area contributed by atoms with Crippen LogP contribution in [0.1, 0.15) is 34.1 Å². The minimum Gasteiger partial charge on any atom is -0.510 e. The molecule has 0 saturated heterocycles. The van der Waals surface area contributed by atoms with E-state index in [1.54, 1.807) is 27.7 Å². The standard InChI is InChI=1S/C11H19NO5/c1-5-8(13)7(6-9(14)15)12-10(16)17-11(2,3)4/h5,7,13H,6H2,1-4H3,(H,12,16)(H,14,15)/t7-/m1/s1. The summed E-state index contributed by atoms with van der Waals surface area (Å²) in [5.74, 6) is -1.34. The van der Waals surface area contributed by atoms with Gasteiger partial charge in [-0.2, -0.15) is 0 Å². The summed E-state index contributed by atoms with van der Waals surface area (Å²) in [6.07, 6.45) is 0.151. The number of carboxylic acid groups (broad SMARTS) is 1. The van der Waals surface area contributed by atoms with Crippen LogP contribution < -0.4 is 5.32 Å². The summed E-state index contributed by atoms with van der Waals surface area (Å²) in [5.41, 5.74) is -0.677. The average molecular weight is 245 g/mol. The van der Waals surface area contributed by atoms with E-state index in [2.05, 4.69) is 5.32 Å². The van der Waals surface area contributed by atoms with Crippen LogP contribution in [0.5, 0.6) is 0 Å². The lowest BCUT2D eigenvalue weighted by atomic mass is 10.1. The number of nitrogens with one attached hydrogen (secondary N) is 1. The van der Waals surface area contributed by atoms with Crippen LogP contribution in [0.2, 0.25) is 0 Å². The summed E-state index contributed by atoms with van der Waals surface area (Å²) in [5, 5.41) is 20.4. The molecule has 1 atom stereocenters. The van der Waals surface area contributed by atoms with Crippen molar-refractivity contribution >= 4 is 12.1 Å². The van der Waals surface area contributed by atoms with Gasteiger partial charge in [0.2, 0.25) is 0 Å². The number of carbonyl (C=O) groups excluding carboxylic acids is 1. The number of hydrogen-bond acceptors (Lipinski definition) is 4. The number of allylic oxidation sites excluding steroid dienone is 1. The second-order valence-electron chi connectivity index (χ2n) is 4.51. The highest BCUT2D eigenvalue weighted by Gasteiger charge is 2.23. The smallest absolute Gasteiger partial charge is 0.408 e. The zero-order valence-electron chi connectivity index (χ0n) is 10.5. The van der Waals surface area contributed by atoms with Crippen LogP contribution in [-0.4, -0.2) is 33.9 Å². The molecule has 6 nitrogen and oxygen atoms in total. The number of amides is 1. The van der Waals surface area contributed by atoms with Gasteiger partial charge in [0.05, 0.1) is 12.5 Å². The maximum absolute atomic E-state index is 11.4. The van der Waals surface area contributed by atoms with Gasteiger partial charge in [0.25, 0.3) is 0 Å². The number of alkyl carbamates (subject to hydrolysis) is 1. The number of carboxylic acids is 1. The molecular weight excluding hydrogens is 226 g/mol. The first-order chi connectivity index (χ1) is 7.65. The van der Waals surface area contributed by atoms with Gasteiger partial charge in [-0.1, -0.05) is 0 Å². The topological polar surface area (TPSA) is 95.9 Å². The lowest BCUT2D eigenvalue weighted by Crippen LogP contribution is -2.41. The Balaban J connectivity index is 4.54. The van der Waals surface area contributed by atoms with Crippen molar-refractivity contribution in [3.05, 3.63) is 11.8 Å². The van der Waals surface area contributed by atoms with Gasteiger partial charge in [-0.15, -0.1) is 0 Å². The van der Waals surface area contributed by atoms with E-state index in [0.717, 1.165) is 0 Å².